The molecule has 1 saturated heterocycles. The van der Waals surface area contributed by atoms with Gasteiger partial charge in [0.25, 0.3) is 5.91 Å². The number of aromatic nitrogens is 1. The van der Waals surface area contributed by atoms with Crippen LogP contribution in [0.3, 0.4) is 0 Å². The van der Waals surface area contributed by atoms with E-state index in [0.717, 1.165) is 41.7 Å². The van der Waals surface area contributed by atoms with E-state index in [1.807, 2.05) is 59.1 Å². The number of piperazine rings is 1. The Morgan fingerprint density at radius 3 is 2.32 bits per heavy atom. The van der Waals surface area contributed by atoms with Gasteiger partial charge in [0.05, 0.1) is 21.3 Å². The van der Waals surface area contributed by atoms with Crippen molar-refractivity contribution in [3.8, 4) is 17.2 Å². The summed E-state index contributed by atoms with van der Waals surface area (Å²) < 4.78 is 18.5. The molecule has 0 bridgehead atoms. The number of hydrogen-bond acceptors (Lipinski definition) is 5. The van der Waals surface area contributed by atoms with Gasteiger partial charge in [-0.05, 0) is 24.3 Å². The number of nitrogens with zero attached hydrogens (tertiary/aromatic N) is 3. The van der Waals surface area contributed by atoms with E-state index in [0.29, 0.717) is 30.3 Å². The number of amides is 1. The molecule has 31 heavy (non-hydrogen) atoms. The maximum absolute atomic E-state index is 13.2. The van der Waals surface area contributed by atoms with Gasteiger partial charge < -0.3 is 23.7 Å². The number of carbonyl (C=O) groups excluding carboxylic acids is 1. The SMILES string of the molecule is COc1ccc(CN2CCN(C(=O)c3cccc4c3ccn4C)CC2)c(OC)c1OC. The van der Waals surface area contributed by atoms with Gasteiger partial charge >= 0.3 is 0 Å². The van der Waals surface area contributed by atoms with E-state index in [9.17, 15) is 4.79 Å². The maximum atomic E-state index is 13.2. The van der Waals surface area contributed by atoms with Crippen molar-refractivity contribution in [2.75, 3.05) is 47.5 Å². The lowest BCUT2D eigenvalue weighted by Crippen LogP contribution is -2.48. The summed E-state index contributed by atoms with van der Waals surface area (Å²) in [5.41, 5.74) is 2.88. The van der Waals surface area contributed by atoms with E-state index >= 15 is 0 Å². The molecule has 1 amide bonds. The van der Waals surface area contributed by atoms with Crippen LogP contribution >= 0.6 is 0 Å². The summed E-state index contributed by atoms with van der Waals surface area (Å²) in [5.74, 6) is 2.04. The minimum atomic E-state index is 0.0974. The molecular weight excluding hydrogens is 394 g/mol. The standard InChI is InChI=1S/C24H29N3O4/c1-25-11-10-18-19(6-5-7-20(18)25)24(28)27-14-12-26(13-15-27)16-17-8-9-21(29-2)23(31-4)22(17)30-3/h5-11H,12-16H2,1-4H3. The Hall–Kier alpha value is -3.19. The maximum Gasteiger partial charge on any atom is 0.254 e. The highest BCUT2D eigenvalue weighted by Crippen LogP contribution is 2.40. The number of carbonyl (C=O) groups is 1. The highest BCUT2D eigenvalue weighted by atomic mass is 16.5. The van der Waals surface area contributed by atoms with Crippen molar-refractivity contribution in [2.45, 2.75) is 6.54 Å². The molecule has 1 fully saturated rings. The van der Waals surface area contributed by atoms with Gasteiger partial charge in [-0.25, -0.2) is 0 Å². The van der Waals surface area contributed by atoms with Gasteiger partial charge in [-0.2, -0.15) is 0 Å². The first-order chi connectivity index (χ1) is 15.1. The number of aryl methyl sites for hydroxylation is 1. The van der Waals surface area contributed by atoms with Crippen LogP contribution in [0.4, 0.5) is 0 Å². The summed E-state index contributed by atoms with van der Waals surface area (Å²) in [4.78, 5) is 17.5. The van der Waals surface area contributed by atoms with Crippen LogP contribution in [0.1, 0.15) is 15.9 Å². The summed E-state index contributed by atoms with van der Waals surface area (Å²) in [5, 5.41) is 1.01. The Bertz CT molecular complexity index is 1080. The van der Waals surface area contributed by atoms with E-state index < -0.39 is 0 Å². The normalized spacial score (nSPS) is 14.6. The Morgan fingerprint density at radius 2 is 1.65 bits per heavy atom. The summed E-state index contributed by atoms with van der Waals surface area (Å²) in [6, 6.07) is 11.8. The van der Waals surface area contributed by atoms with Crippen LogP contribution in [0.5, 0.6) is 17.2 Å². The summed E-state index contributed by atoms with van der Waals surface area (Å²) in [6.45, 7) is 3.71. The van der Waals surface area contributed by atoms with Crippen molar-refractivity contribution in [3.63, 3.8) is 0 Å². The molecule has 164 valence electrons. The second-order valence-electron chi connectivity index (χ2n) is 7.73. The molecule has 0 saturated carbocycles. The lowest BCUT2D eigenvalue weighted by atomic mass is 10.1. The molecule has 0 atom stereocenters. The molecule has 0 spiro atoms. The molecule has 7 nitrogen and oxygen atoms in total. The van der Waals surface area contributed by atoms with Crippen LogP contribution in [-0.4, -0.2) is 67.8 Å². The fraction of sp³-hybridized carbons (Fsp3) is 0.375. The van der Waals surface area contributed by atoms with E-state index in [4.69, 9.17) is 14.2 Å². The zero-order valence-electron chi connectivity index (χ0n) is 18.6. The smallest absolute Gasteiger partial charge is 0.254 e. The zero-order chi connectivity index (χ0) is 22.0. The first-order valence-corrected chi connectivity index (χ1v) is 10.4. The largest absolute Gasteiger partial charge is 0.493 e. The van der Waals surface area contributed by atoms with Gasteiger partial charge in [0.15, 0.2) is 11.5 Å². The summed E-state index contributed by atoms with van der Waals surface area (Å²) in [7, 11) is 6.87. The quantitative estimate of drug-likeness (QED) is 0.610. The molecule has 2 aromatic carbocycles. The molecule has 0 N–H and O–H groups in total. The average molecular weight is 424 g/mol. The molecule has 4 rings (SSSR count). The number of ether oxygens (including phenoxy) is 3. The van der Waals surface area contributed by atoms with Crippen molar-refractivity contribution in [2.24, 2.45) is 7.05 Å². The first-order valence-electron chi connectivity index (χ1n) is 10.4. The van der Waals surface area contributed by atoms with Gasteiger partial charge in [0.1, 0.15) is 0 Å². The number of benzene rings is 2. The third-order valence-electron chi connectivity index (χ3n) is 6.00. The van der Waals surface area contributed by atoms with Crippen LogP contribution < -0.4 is 14.2 Å². The molecular formula is C24H29N3O4. The fourth-order valence-corrected chi connectivity index (χ4v) is 4.30. The third kappa shape index (κ3) is 3.93. The fourth-order valence-electron chi connectivity index (χ4n) is 4.30. The molecule has 1 aliphatic heterocycles. The Morgan fingerprint density at radius 1 is 0.903 bits per heavy atom. The summed E-state index contributed by atoms with van der Waals surface area (Å²) in [6.07, 6.45) is 2.00. The molecule has 0 unspecified atom stereocenters. The third-order valence-corrected chi connectivity index (χ3v) is 6.00. The average Bonchev–Trinajstić information content (AvgIpc) is 3.19. The molecule has 2 heterocycles. The molecule has 1 aromatic heterocycles. The van der Waals surface area contributed by atoms with E-state index in [1.165, 1.54) is 0 Å². The highest BCUT2D eigenvalue weighted by molar-refractivity contribution is 6.06. The summed E-state index contributed by atoms with van der Waals surface area (Å²) >= 11 is 0. The van der Waals surface area contributed by atoms with E-state index in [1.54, 1.807) is 21.3 Å². The molecule has 7 heteroatoms. The van der Waals surface area contributed by atoms with Crippen molar-refractivity contribution >= 4 is 16.8 Å². The Kier molecular flexibility index (Phi) is 6.04. The van der Waals surface area contributed by atoms with Crippen LogP contribution in [0.15, 0.2) is 42.6 Å². The number of rotatable bonds is 6. The molecule has 0 aliphatic carbocycles. The minimum absolute atomic E-state index is 0.0974. The van der Waals surface area contributed by atoms with Gasteiger partial charge in [-0.3, -0.25) is 9.69 Å². The predicted molar refractivity (Wildman–Crippen MR) is 120 cm³/mol. The van der Waals surface area contributed by atoms with Crippen LogP contribution in [-0.2, 0) is 13.6 Å². The van der Waals surface area contributed by atoms with Crippen LogP contribution in [0.2, 0.25) is 0 Å². The zero-order valence-corrected chi connectivity index (χ0v) is 18.6. The van der Waals surface area contributed by atoms with Gasteiger partial charge in [-0.15, -0.1) is 0 Å². The van der Waals surface area contributed by atoms with Gasteiger partial charge in [0.2, 0.25) is 5.75 Å². The topological polar surface area (TPSA) is 56.2 Å². The number of hydrogen-bond donors (Lipinski definition) is 0. The molecule has 0 radical (unpaired) electrons. The molecule has 1 aliphatic rings. The second kappa shape index (κ2) is 8.89. The van der Waals surface area contributed by atoms with Crippen LogP contribution in [0, 0.1) is 0 Å². The van der Waals surface area contributed by atoms with E-state index in [-0.39, 0.29) is 5.91 Å². The number of methoxy groups -OCH3 is 3. The van der Waals surface area contributed by atoms with Crippen molar-refractivity contribution < 1.29 is 19.0 Å². The Labute approximate surface area is 182 Å². The lowest BCUT2D eigenvalue weighted by Gasteiger charge is -2.35. The van der Waals surface area contributed by atoms with Crippen molar-refractivity contribution in [1.29, 1.82) is 0 Å². The predicted octanol–water partition coefficient (Wildman–Crippen LogP) is 3.16. The van der Waals surface area contributed by atoms with Gasteiger partial charge in [-0.1, -0.05) is 12.1 Å². The Balaban J connectivity index is 1.45. The lowest BCUT2D eigenvalue weighted by molar-refractivity contribution is 0.0629. The number of fused-ring (bicyclic) bond motifs is 1. The monoisotopic (exact) mass is 423 g/mol. The first kappa shape index (κ1) is 21.1. The van der Waals surface area contributed by atoms with Crippen molar-refractivity contribution in [3.05, 3.63) is 53.7 Å². The van der Waals surface area contributed by atoms with Crippen LogP contribution in [0.25, 0.3) is 10.9 Å². The van der Waals surface area contributed by atoms with Gasteiger partial charge in [0, 0.05) is 68.0 Å². The van der Waals surface area contributed by atoms with E-state index in [2.05, 4.69) is 4.90 Å². The molecule has 3 aromatic rings. The minimum Gasteiger partial charge on any atom is -0.493 e. The second-order valence-corrected chi connectivity index (χ2v) is 7.73. The van der Waals surface area contributed by atoms with Crippen molar-refractivity contribution in [1.82, 2.24) is 14.4 Å². The highest BCUT2D eigenvalue weighted by Gasteiger charge is 2.25.